The number of benzene rings is 2. The Morgan fingerprint density at radius 1 is 1.14 bits per heavy atom. The van der Waals surface area contributed by atoms with Crippen molar-refractivity contribution in [2.75, 3.05) is 24.9 Å². The molecule has 5 rings (SSSR count). The van der Waals surface area contributed by atoms with Crippen molar-refractivity contribution < 1.29 is 21.9 Å². The number of likely N-dealkylation sites (N-methyl/N-ethyl adjacent to an activating group) is 1. The number of halogens is 3. The Morgan fingerprint density at radius 2 is 1.92 bits per heavy atom. The minimum atomic E-state index is -4.44. The summed E-state index contributed by atoms with van der Waals surface area (Å²) in [5, 5.41) is 4.74. The van der Waals surface area contributed by atoms with Gasteiger partial charge in [0.25, 0.3) is 10.0 Å². The predicted molar refractivity (Wildman–Crippen MR) is 132 cm³/mol. The minimum absolute atomic E-state index is 0. The van der Waals surface area contributed by atoms with E-state index >= 15 is 0 Å². The van der Waals surface area contributed by atoms with E-state index < -0.39 is 32.3 Å². The summed E-state index contributed by atoms with van der Waals surface area (Å²) in [5.74, 6) is -2.56. The van der Waals surface area contributed by atoms with Crippen LogP contribution < -0.4 is 9.46 Å². The summed E-state index contributed by atoms with van der Waals surface area (Å²) in [6.07, 6.45) is 2.78. The molecule has 2 aromatic heterocycles. The fraction of sp³-hybridized carbons (Fsp3) is 0.190. The summed E-state index contributed by atoms with van der Waals surface area (Å²) in [6, 6.07) is 7.89. The molecule has 9 nitrogen and oxygen atoms in total. The van der Waals surface area contributed by atoms with Crippen molar-refractivity contribution in [3.63, 3.8) is 0 Å². The zero-order valence-electron chi connectivity index (χ0n) is 19.0. The van der Waals surface area contributed by atoms with Gasteiger partial charge in [0.15, 0.2) is 11.6 Å². The van der Waals surface area contributed by atoms with E-state index in [1.165, 1.54) is 6.07 Å². The van der Waals surface area contributed by atoms with Gasteiger partial charge in [-0.2, -0.15) is 9.47 Å². The van der Waals surface area contributed by atoms with E-state index in [0.717, 1.165) is 30.9 Å². The van der Waals surface area contributed by atoms with Crippen LogP contribution in [0.4, 0.5) is 13.9 Å². The molecule has 0 spiro atoms. The molecule has 1 fully saturated rings. The van der Waals surface area contributed by atoms with Crippen LogP contribution in [0.25, 0.3) is 11.3 Å². The fourth-order valence-electron chi connectivity index (χ4n) is 3.73. The van der Waals surface area contributed by atoms with Gasteiger partial charge in [0.1, 0.15) is 22.8 Å². The molecule has 0 atom stereocenters. The van der Waals surface area contributed by atoms with Gasteiger partial charge in [-0.05, 0) is 31.3 Å². The molecule has 15 heteroatoms. The maximum Gasteiger partial charge on any atom is 0.266 e. The maximum absolute atomic E-state index is 14.9. The molecule has 4 aromatic rings. The van der Waals surface area contributed by atoms with Gasteiger partial charge in [-0.15, -0.1) is 0 Å². The van der Waals surface area contributed by atoms with Crippen LogP contribution in [-0.4, -0.2) is 82.2 Å². The molecule has 2 aromatic carbocycles. The second kappa shape index (κ2) is 10.7. The van der Waals surface area contributed by atoms with Gasteiger partial charge in [-0.1, -0.05) is 11.6 Å². The molecule has 183 valence electrons. The van der Waals surface area contributed by atoms with Crippen molar-refractivity contribution in [1.29, 1.82) is 0 Å². The number of rotatable bonds is 7. The number of likely N-dealkylation sites (tertiary alicyclic amines) is 1. The van der Waals surface area contributed by atoms with E-state index in [4.69, 9.17) is 16.3 Å². The topological polar surface area (TPSA) is 102 Å². The van der Waals surface area contributed by atoms with E-state index in [2.05, 4.69) is 24.1 Å². The number of ether oxygens (including phenoxy) is 1. The van der Waals surface area contributed by atoms with Crippen molar-refractivity contribution in [2.24, 2.45) is 0 Å². The third kappa shape index (κ3) is 5.42. The number of aromatic nitrogens is 4. The average molecular weight is 562 g/mol. The monoisotopic (exact) mass is 561 g/mol. The maximum atomic E-state index is 14.9. The Bertz CT molecular complexity index is 1500. The Morgan fingerprint density at radius 3 is 2.61 bits per heavy atom. The van der Waals surface area contributed by atoms with E-state index in [1.54, 1.807) is 24.4 Å². The van der Waals surface area contributed by atoms with Crippen LogP contribution in [0.2, 0.25) is 5.02 Å². The van der Waals surface area contributed by atoms with Crippen LogP contribution in [0.3, 0.4) is 0 Å². The summed E-state index contributed by atoms with van der Waals surface area (Å²) in [6.45, 7) is 1.62. The third-order valence-corrected chi connectivity index (χ3v) is 7.66. The normalized spacial score (nSPS) is 14.2. The molecule has 0 aliphatic carbocycles. The van der Waals surface area contributed by atoms with Crippen LogP contribution in [0.15, 0.2) is 53.8 Å². The van der Waals surface area contributed by atoms with Gasteiger partial charge in [0.05, 0.1) is 11.7 Å². The summed E-state index contributed by atoms with van der Waals surface area (Å²) >= 11 is 6.97. The fourth-order valence-corrected chi connectivity index (χ4v) is 5.64. The molecule has 0 unspecified atom stereocenters. The van der Waals surface area contributed by atoms with Crippen molar-refractivity contribution >= 4 is 67.8 Å². The Balaban J connectivity index is 0.00000304. The third-order valence-electron chi connectivity index (χ3n) is 5.36. The molecule has 0 bridgehead atoms. The number of hydrogen-bond donors (Lipinski definition) is 1. The first kappa shape index (κ1) is 26.9. The van der Waals surface area contributed by atoms with Gasteiger partial charge >= 0.3 is 0 Å². The van der Waals surface area contributed by atoms with Gasteiger partial charge < -0.3 is 9.64 Å². The molecular weight excluding hydrogens is 545 g/mol. The van der Waals surface area contributed by atoms with Crippen molar-refractivity contribution in [1.82, 2.24) is 24.0 Å². The molecule has 1 N–H and O–H groups in total. The molecule has 0 amide bonds. The first-order chi connectivity index (χ1) is 16.7. The molecule has 1 saturated heterocycles. The smallest absolute Gasteiger partial charge is 0.266 e. The zero-order valence-corrected chi connectivity index (χ0v) is 23.4. The van der Waals surface area contributed by atoms with Crippen molar-refractivity contribution in [3.8, 4) is 22.8 Å². The van der Waals surface area contributed by atoms with Crippen LogP contribution in [-0.2, 0) is 10.0 Å². The summed E-state index contributed by atoms with van der Waals surface area (Å²) in [4.78, 5) is 4.93. The van der Waals surface area contributed by atoms with Crippen LogP contribution in [0.1, 0.15) is 6.04 Å². The van der Waals surface area contributed by atoms with E-state index in [1.807, 2.05) is 11.7 Å². The van der Waals surface area contributed by atoms with Gasteiger partial charge in [0.2, 0.25) is 5.13 Å². The van der Waals surface area contributed by atoms with Gasteiger partial charge in [-0.25, -0.2) is 22.2 Å². The minimum Gasteiger partial charge on any atom is -0.453 e. The standard InChI is InChI=1S/C21H17ClF2N6O3S2.Na/c1-29-9-13(10-29)30-17(4-5-26-30)14-6-12(22)2-3-18(14)33-19-7-16(24)20(8-15(19)23)35(31,32)28-21-25-11-27-34-21;/h2-8,11,13H,9-10H2,1H3,(H,25,27,28);. The predicted octanol–water partition coefficient (Wildman–Crippen LogP) is 4.03. The number of nitrogens with zero attached hydrogens (tertiary/aromatic N) is 5. The van der Waals surface area contributed by atoms with Gasteiger partial charge in [-0.3, -0.25) is 9.40 Å². The quantitative estimate of drug-likeness (QED) is 0.340. The summed E-state index contributed by atoms with van der Waals surface area (Å²) < 4.78 is 68.0. The Kier molecular flexibility index (Phi) is 8.00. The first-order valence-electron chi connectivity index (χ1n) is 10.2. The molecule has 1 aliphatic rings. The number of anilines is 1. The van der Waals surface area contributed by atoms with E-state index in [9.17, 15) is 17.2 Å². The molecule has 0 saturated carbocycles. The van der Waals surface area contributed by atoms with E-state index in [-0.39, 0.29) is 46.5 Å². The second-order valence-corrected chi connectivity index (χ2v) is 10.7. The first-order valence-corrected chi connectivity index (χ1v) is 12.8. The molecular formula is C21H17ClF2N6NaO3S2. The summed E-state index contributed by atoms with van der Waals surface area (Å²) in [7, 11) is -2.44. The van der Waals surface area contributed by atoms with Crippen LogP contribution >= 0.6 is 23.1 Å². The zero-order chi connectivity index (χ0) is 24.7. The molecule has 1 radical (unpaired) electrons. The molecule has 3 heterocycles. The summed E-state index contributed by atoms with van der Waals surface area (Å²) in [5.41, 5.74) is 1.22. The Labute approximate surface area is 236 Å². The van der Waals surface area contributed by atoms with Crippen LogP contribution in [0, 0.1) is 11.6 Å². The average Bonchev–Trinajstić information content (AvgIpc) is 3.46. The van der Waals surface area contributed by atoms with E-state index in [0.29, 0.717) is 28.4 Å². The molecule has 36 heavy (non-hydrogen) atoms. The number of hydrogen-bond acceptors (Lipinski definition) is 8. The molecule has 1 aliphatic heterocycles. The second-order valence-electron chi connectivity index (χ2n) is 7.84. The van der Waals surface area contributed by atoms with Gasteiger partial charge in [0, 0.05) is 83.1 Å². The number of nitrogens with one attached hydrogen (secondary N) is 1. The Hall–Kier alpha value is -2.13. The van der Waals surface area contributed by atoms with Crippen LogP contribution in [0.5, 0.6) is 11.5 Å². The van der Waals surface area contributed by atoms with Crippen molar-refractivity contribution in [2.45, 2.75) is 10.9 Å². The number of sulfonamides is 1. The largest absolute Gasteiger partial charge is 0.453 e. The van der Waals surface area contributed by atoms with Crippen molar-refractivity contribution in [3.05, 3.63) is 65.6 Å². The SMILES string of the molecule is CN1CC(n2nccc2-c2cc(Cl)ccc2Oc2cc(F)c(S(=O)(=O)Nc3ncns3)cc2F)C1.[Na].